The molecule has 0 saturated carbocycles. The van der Waals surface area contributed by atoms with Crippen LogP contribution in [-0.4, -0.2) is 38.8 Å². The Labute approximate surface area is 214 Å². The zero-order valence-corrected chi connectivity index (χ0v) is 21.1. The number of hydrogen-bond donors (Lipinski definition) is 1. The number of nitrogens with one attached hydrogen (secondary N) is 1. The first-order valence-electron chi connectivity index (χ1n) is 12.4. The predicted molar refractivity (Wildman–Crippen MR) is 143 cm³/mol. The van der Waals surface area contributed by atoms with Gasteiger partial charge >= 0.3 is 0 Å². The van der Waals surface area contributed by atoms with Crippen molar-refractivity contribution in [2.45, 2.75) is 32.9 Å². The summed E-state index contributed by atoms with van der Waals surface area (Å²) in [6.45, 7) is 5.35. The first kappa shape index (κ1) is 23.0. The molecule has 0 saturated heterocycles. The first-order valence-corrected chi connectivity index (χ1v) is 12.4. The summed E-state index contributed by atoms with van der Waals surface area (Å²) in [6, 6.07) is 21.9. The maximum Gasteiger partial charge on any atom is 0.254 e. The number of rotatable bonds is 6. The van der Waals surface area contributed by atoms with E-state index in [4.69, 9.17) is 4.74 Å². The smallest absolute Gasteiger partial charge is 0.254 e. The second-order valence-electron chi connectivity index (χ2n) is 9.61. The number of pyridine rings is 1. The van der Waals surface area contributed by atoms with Gasteiger partial charge in [0.15, 0.2) is 5.82 Å². The Hall–Kier alpha value is -4.46. The van der Waals surface area contributed by atoms with Crippen LogP contribution in [0.3, 0.4) is 0 Å². The van der Waals surface area contributed by atoms with Gasteiger partial charge in [-0.2, -0.15) is 0 Å². The van der Waals surface area contributed by atoms with Gasteiger partial charge in [-0.3, -0.25) is 4.79 Å². The van der Waals surface area contributed by atoms with Crippen molar-refractivity contribution in [2.75, 3.05) is 18.6 Å². The van der Waals surface area contributed by atoms with Gasteiger partial charge in [-0.25, -0.2) is 4.68 Å². The number of methoxy groups -OCH3 is 1. The van der Waals surface area contributed by atoms with Gasteiger partial charge in [-0.15, -0.1) is 5.10 Å². The molecule has 0 bridgehead atoms. The number of fused-ring (bicyclic) bond motifs is 2. The molecule has 8 heteroatoms. The third kappa shape index (κ3) is 4.14. The lowest BCUT2D eigenvalue weighted by Gasteiger charge is -2.29. The number of anilines is 1. The zero-order chi connectivity index (χ0) is 25.5. The summed E-state index contributed by atoms with van der Waals surface area (Å²) in [4.78, 5) is 19.0. The second-order valence-corrected chi connectivity index (χ2v) is 9.61. The number of aromatic amines is 1. The highest BCUT2D eigenvalue weighted by Gasteiger charge is 2.34. The molecule has 1 atom stereocenters. The number of H-pyrrole nitrogens is 1. The van der Waals surface area contributed by atoms with Crippen LogP contribution in [0.25, 0.3) is 10.9 Å². The molecule has 0 fully saturated rings. The SMILES string of the molecule is COc1ccc(Cn2nnnc2[C@@H](c2cc3c(C)cc(C)cc3[nH]c2=O)N2CCc3ccccc32)cc1. The van der Waals surface area contributed by atoms with E-state index in [0.29, 0.717) is 17.9 Å². The van der Waals surface area contributed by atoms with Crippen LogP contribution in [0.2, 0.25) is 0 Å². The molecule has 0 radical (unpaired) electrons. The summed E-state index contributed by atoms with van der Waals surface area (Å²) in [5.41, 5.74) is 6.95. The lowest BCUT2D eigenvalue weighted by Crippen LogP contribution is -2.34. The fraction of sp³-hybridized carbons (Fsp3) is 0.241. The maximum absolute atomic E-state index is 13.6. The van der Waals surface area contributed by atoms with Crippen LogP contribution < -0.4 is 15.2 Å². The summed E-state index contributed by atoms with van der Waals surface area (Å²) >= 11 is 0. The second kappa shape index (κ2) is 9.20. The molecule has 6 rings (SSSR count). The maximum atomic E-state index is 13.6. The van der Waals surface area contributed by atoms with Crippen molar-refractivity contribution in [3.63, 3.8) is 0 Å². The molecule has 1 aliphatic heterocycles. The van der Waals surface area contributed by atoms with E-state index in [1.54, 1.807) is 11.8 Å². The van der Waals surface area contributed by atoms with Crippen LogP contribution in [0.1, 0.15) is 39.7 Å². The van der Waals surface area contributed by atoms with Gasteiger partial charge in [0.2, 0.25) is 0 Å². The number of benzene rings is 3. The Morgan fingerprint density at radius 1 is 1.05 bits per heavy atom. The highest BCUT2D eigenvalue weighted by Crippen LogP contribution is 2.37. The molecule has 8 nitrogen and oxygen atoms in total. The zero-order valence-electron chi connectivity index (χ0n) is 21.1. The number of nitrogens with zero attached hydrogens (tertiary/aromatic N) is 5. The van der Waals surface area contributed by atoms with E-state index in [0.717, 1.165) is 52.0 Å². The number of para-hydroxylation sites is 1. The van der Waals surface area contributed by atoms with Gasteiger partial charge in [-0.1, -0.05) is 36.4 Å². The largest absolute Gasteiger partial charge is 0.497 e. The van der Waals surface area contributed by atoms with Crippen LogP contribution in [0.15, 0.2) is 71.5 Å². The standard InChI is InChI=1S/C29H28N6O2/c1-18-14-19(2)23-16-24(29(36)30-25(23)15-18)27(34-13-12-21-6-4-5-7-26(21)34)28-31-32-33-35(28)17-20-8-10-22(37-3)11-9-20/h4-11,14-16,27H,12-13,17H2,1-3H3,(H,30,36)/t27-/m1/s1. The molecule has 0 amide bonds. The molecule has 186 valence electrons. The monoisotopic (exact) mass is 492 g/mol. The normalized spacial score (nSPS) is 13.6. The molecular weight excluding hydrogens is 464 g/mol. The Morgan fingerprint density at radius 3 is 2.68 bits per heavy atom. The van der Waals surface area contributed by atoms with Gasteiger partial charge in [0.25, 0.3) is 5.56 Å². The van der Waals surface area contributed by atoms with Gasteiger partial charge in [0.05, 0.1) is 13.7 Å². The number of ether oxygens (including phenoxy) is 1. The highest BCUT2D eigenvalue weighted by molar-refractivity contribution is 5.83. The van der Waals surface area contributed by atoms with E-state index >= 15 is 0 Å². The predicted octanol–water partition coefficient (Wildman–Crippen LogP) is 4.34. The van der Waals surface area contributed by atoms with Crippen molar-refractivity contribution in [3.05, 3.63) is 111 Å². The summed E-state index contributed by atoms with van der Waals surface area (Å²) in [7, 11) is 1.65. The average Bonchev–Trinajstić information content (AvgIpc) is 3.53. The van der Waals surface area contributed by atoms with Crippen molar-refractivity contribution >= 4 is 16.6 Å². The van der Waals surface area contributed by atoms with Gasteiger partial charge in [-0.05, 0) is 83.3 Å². The van der Waals surface area contributed by atoms with E-state index in [1.807, 2.05) is 49.4 Å². The molecule has 5 aromatic rings. The third-order valence-electron chi connectivity index (χ3n) is 7.17. The summed E-state index contributed by atoms with van der Waals surface area (Å²) in [5.74, 6) is 1.42. The van der Waals surface area contributed by atoms with E-state index in [2.05, 4.69) is 56.6 Å². The Bertz CT molecular complexity index is 1650. The number of aromatic nitrogens is 5. The van der Waals surface area contributed by atoms with Crippen LogP contribution in [0.5, 0.6) is 5.75 Å². The molecule has 0 aliphatic carbocycles. The average molecular weight is 493 g/mol. The van der Waals surface area contributed by atoms with Gasteiger partial charge < -0.3 is 14.6 Å². The van der Waals surface area contributed by atoms with Crippen molar-refractivity contribution < 1.29 is 4.74 Å². The quantitative estimate of drug-likeness (QED) is 0.379. The van der Waals surface area contributed by atoms with Crippen molar-refractivity contribution in [3.8, 4) is 5.75 Å². The topological polar surface area (TPSA) is 88.9 Å². The lowest BCUT2D eigenvalue weighted by molar-refractivity contribution is 0.414. The van der Waals surface area contributed by atoms with Crippen molar-refractivity contribution in [1.29, 1.82) is 0 Å². The molecule has 1 N–H and O–H groups in total. The van der Waals surface area contributed by atoms with Crippen LogP contribution in [0, 0.1) is 13.8 Å². The fourth-order valence-corrected chi connectivity index (χ4v) is 5.39. The number of aryl methyl sites for hydroxylation is 2. The Kier molecular flexibility index (Phi) is 5.71. The van der Waals surface area contributed by atoms with Crippen LogP contribution >= 0.6 is 0 Å². The van der Waals surface area contributed by atoms with Crippen LogP contribution in [-0.2, 0) is 13.0 Å². The van der Waals surface area contributed by atoms with Gasteiger partial charge in [0, 0.05) is 28.7 Å². The molecule has 1 aliphatic rings. The molecule has 3 aromatic carbocycles. The minimum absolute atomic E-state index is 0.133. The molecule has 3 heterocycles. The Balaban J connectivity index is 1.51. The fourth-order valence-electron chi connectivity index (χ4n) is 5.39. The van der Waals surface area contributed by atoms with Crippen LogP contribution in [0.4, 0.5) is 5.69 Å². The van der Waals surface area contributed by atoms with E-state index < -0.39 is 6.04 Å². The first-order chi connectivity index (χ1) is 18.0. The minimum atomic E-state index is -0.453. The van der Waals surface area contributed by atoms with Gasteiger partial charge in [0.1, 0.15) is 11.8 Å². The summed E-state index contributed by atoms with van der Waals surface area (Å²) in [6.07, 6.45) is 0.899. The molecular formula is C29H28N6O2. The minimum Gasteiger partial charge on any atom is -0.497 e. The molecule has 0 spiro atoms. The van der Waals surface area contributed by atoms with E-state index in [-0.39, 0.29) is 5.56 Å². The molecule has 37 heavy (non-hydrogen) atoms. The Morgan fingerprint density at radius 2 is 1.86 bits per heavy atom. The van der Waals surface area contributed by atoms with Crippen molar-refractivity contribution in [2.24, 2.45) is 0 Å². The van der Waals surface area contributed by atoms with E-state index in [1.165, 1.54) is 5.56 Å². The molecule has 0 unspecified atom stereocenters. The van der Waals surface area contributed by atoms with Crippen molar-refractivity contribution in [1.82, 2.24) is 25.2 Å². The van der Waals surface area contributed by atoms with E-state index in [9.17, 15) is 4.79 Å². The molecule has 2 aromatic heterocycles. The highest BCUT2D eigenvalue weighted by atomic mass is 16.5. The summed E-state index contributed by atoms with van der Waals surface area (Å²) in [5, 5.41) is 13.9. The summed E-state index contributed by atoms with van der Waals surface area (Å²) < 4.78 is 7.09. The lowest BCUT2D eigenvalue weighted by atomic mass is 10.00. The number of tetrazole rings is 1. The number of hydrogen-bond acceptors (Lipinski definition) is 6. The third-order valence-corrected chi connectivity index (χ3v) is 7.17.